The summed E-state index contributed by atoms with van der Waals surface area (Å²) in [6.07, 6.45) is 2.17. The summed E-state index contributed by atoms with van der Waals surface area (Å²) in [6, 6.07) is -0.775. The minimum Gasteiger partial charge on any atom is -0.378 e. The van der Waals surface area contributed by atoms with Gasteiger partial charge in [0, 0.05) is 19.1 Å². The molecule has 4 atom stereocenters. The van der Waals surface area contributed by atoms with Crippen molar-refractivity contribution in [2.75, 3.05) is 13.2 Å². The van der Waals surface area contributed by atoms with E-state index in [0.717, 1.165) is 19.4 Å². The molecule has 0 aromatic carbocycles. The minimum absolute atomic E-state index is 0.0175. The van der Waals surface area contributed by atoms with E-state index >= 15 is 0 Å². The first-order valence-corrected chi connectivity index (χ1v) is 6.77. The van der Waals surface area contributed by atoms with Crippen LogP contribution in [0.1, 0.15) is 33.6 Å². The van der Waals surface area contributed by atoms with Gasteiger partial charge in [-0.05, 0) is 26.7 Å². The molecular formula is C13H22N2O3. The predicted octanol–water partition coefficient (Wildman–Crippen LogP) is 0.537. The molecule has 2 amide bonds. The van der Waals surface area contributed by atoms with Crippen molar-refractivity contribution < 1.29 is 14.3 Å². The number of nitrogens with one attached hydrogen (secondary N) is 1. The Bertz CT molecular complexity index is 345. The van der Waals surface area contributed by atoms with Gasteiger partial charge in [0.25, 0.3) is 0 Å². The molecule has 0 radical (unpaired) electrons. The van der Waals surface area contributed by atoms with Crippen molar-refractivity contribution >= 4 is 11.8 Å². The van der Waals surface area contributed by atoms with Crippen molar-refractivity contribution in [3.05, 3.63) is 0 Å². The summed E-state index contributed by atoms with van der Waals surface area (Å²) in [6.45, 7) is 7.02. The summed E-state index contributed by atoms with van der Waals surface area (Å²) in [7, 11) is 0. The molecule has 5 nitrogen and oxygen atoms in total. The van der Waals surface area contributed by atoms with Crippen molar-refractivity contribution in [2.45, 2.75) is 51.8 Å². The van der Waals surface area contributed by atoms with Gasteiger partial charge in [0.2, 0.25) is 11.8 Å². The summed E-state index contributed by atoms with van der Waals surface area (Å²) in [5, 5.41) is 2.70. The highest BCUT2D eigenvalue weighted by molar-refractivity contribution is 5.96. The third-order valence-electron chi connectivity index (χ3n) is 4.04. The van der Waals surface area contributed by atoms with Crippen LogP contribution < -0.4 is 5.32 Å². The monoisotopic (exact) mass is 254 g/mol. The Morgan fingerprint density at radius 3 is 2.78 bits per heavy atom. The van der Waals surface area contributed by atoms with E-state index in [1.807, 2.05) is 0 Å². The zero-order valence-corrected chi connectivity index (χ0v) is 11.3. The highest BCUT2D eigenvalue weighted by Crippen LogP contribution is 2.26. The number of hydrogen-bond donors (Lipinski definition) is 1. The molecule has 18 heavy (non-hydrogen) atoms. The van der Waals surface area contributed by atoms with Gasteiger partial charge in [-0.1, -0.05) is 6.92 Å². The first-order valence-electron chi connectivity index (χ1n) is 6.77. The number of piperazine rings is 1. The van der Waals surface area contributed by atoms with Gasteiger partial charge in [-0.2, -0.15) is 0 Å². The number of hydrogen-bond acceptors (Lipinski definition) is 3. The lowest BCUT2D eigenvalue weighted by Gasteiger charge is -2.38. The standard InChI is InChI=1S/C13H22N2O3/c1-4-11-10(5-6-18-11)7-15-9(3)12(16)14-8(2)13(15)17/h8-11H,4-7H2,1-3H3,(H,14,16). The molecule has 2 heterocycles. The lowest BCUT2D eigenvalue weighted by molar-refractivity contribution is -0.149. The lowest BCUT2D eigenvalue weighted by Crippen LogP contribution is -2.62. The number of rotatable bonds is 3. The molecule has 5 heteroatoms. The second-order valence-electron chi connectivity index (χ2n) is 5.26. The van der Waals surface area contributed by atoms with Crippen molar-refractivity contribution in [1.29, 1.82) is 0 Å². The molecule has 2 rings (SSSR count). The molecule has 2 saturated heterocycles. The van der Waals surface area contributed by atoms with Gasteiger partial charge in [-0.3, -0.25) is 9.59 Å². The SMILES string of the molecule is CCC1OCCC1CN1C(=O)C(C)NC(=O)C1C. The van der Waals surface area contributed by atoms with E-state index in [2.05, 4.69) is 12.2 Å². The van der Waals surface area contributed by atoms with Gasteiger partial charge >= 0.3 is 0 Å². The van der Waals surface area contributed by atoms with E-state index in [1.54, 1.807) is 18.7 Å². The van der Waals surface area contributed by atoms with E-state index in [-0.39, 0.29) is 24.0 Å². The van der Waals surface area contributed by atoms with Gasteiger partial charge in [0.1, 0.15) is 12.1 Å². The lowest BCUT2D eigenvalue weighted by atomic mass is 9.97. The fourth-order valence-electron chi connectivity index (χ4n) is 2.83. The van der Waals surface area contributed by atoms with Crippen molar-refractivity contribution in [3.63, 3.8) is 0 Å². The molecule has 0 spiro atoms. The number of nitrogens with zero attached hydrogens (tertiary/aromatic N) is 1. The van der Waals surface area contributed by atoms with Gasteiger partial charge in [-0.15, -0.1) is 0 Å². The fraction of sp³-hybridized carbons (Fsp3) is 0.846. The summed E-state index contributed by atoms with van der Waals surface area (Å²) >= 11 is 0. The van der Waals surface area contributed by atoms with Crippen LogP contribution in [-0.4, -0.2) is 48.1 Å². The molecule has 1 N–H and O–H groups in total. The molecule has 0 saturated carbocycles. The van der Waals surface area contributed by atoms with E-state index in [0.29, 0.717) is 12.5 Å². The third kappa shape index (κ3) is 2.36. The maximum absolute atomic E-state index is 12.1. The molecule has 2 aliphatic heterocycles. The Labute approximate surface area is 108 Å². The highest BCUT2D eigenvalue weighted by Gasteiger charge is 2.39. The van der Waals surface area contributed by atoms with Crippen LogP contribution in [0.3, 0.4) is 0 Å². The summed E-state index contributed by atoms with van der Waals surface area (Å²) in [5.41, 5.74) is 0. The molecular weight excluding hydrogens is 232 g/mol. The molecule has 102 valence electrons. The zero-order chi connectivity index (χ0) is 13.3. The van der Waals surface area contributed by atoms with E-state index in [1.165, 1.54) is 0 Å². The molecule has 0 aliphatic carbocycles. The van der Waals surface area contributed by atoms with E-state index < -0.39 is 6.04 Å². The Kier molecular flexibility index (Phi) is 3.90. The Hall–Kier alpha value is -1.10. The van der Waals surface area contributed by atoms with Crippen molar-refractivity contribution in [3.8, 4) is 0 Å². The topological polar surface area (TPSA) is 58.6 Å². The van der Waals surface area contributed by atoms with Crippen LogP contribution >= 0.6 is 0 Å². The zero-order valence-electron chi connectivity index (χ0n) is 11.3. The maximum atomic E-state index is 12.1. The molecule has 4 unspecified atom stereocenters. The van der Waals surface area contributed by atoms with Crippen LogP contribution in [0.2, 0.25) is 0 Å². The average molecular weight is 254 g/mol. The minimum atomic E-state index is -0.406. The van der Waals surface area contributed by atoms with Crippen LogP contribution in [0.5, 0.6) is 0 Å². The Morgan fingerprint density at radius 1 is 1.39 bits per heavy atom. The maximum Gasteiger partial charge on any atom is 0.245 e. The normalized spacial score (nSPS) is 36.9. The molecule has 0 aromatic heterocycles. The molecule has 0 bridgehead atoms. The number of amides is 2. The summed E-state index contributed by atoms with van der Waals surface area (Å²) in [4.78, 5) is 25.6. The van der Waals surface area contributed by atoms with Crippen LogP contribution in [-0.2, 0) is 14.3 Å². The second kappa shape index (κ2) is 5.26. The van der Waals surface area contributed by atoms with Crippen molar-refractivity contribution in [1.82, 2.24) is 10.2 Å². The largest absolute Gasteiger partial charge is 0.378 e. The van der Waals surface area contributed by atoms with Crippen LogP contribution in [0.15, 0.2) is 0 Å². The number of carbonyl (C=O) groups is 2. The van der Waals surface area contributed by atoms with Gasteiger partial charge < -0.3 is 15.0 Å². The van der Waals surface area contributed by atoms with Crippen molar-refractivity contribution in [2.24, 2.45) is 5.92 Å². The predicted molar refractivity (Wildman–Crippen MR) is 66.9 cm³/mol. The molecule has 0 aromatic rings. The Balaban J connectivity index is 2.06. The first-order chi connectivity index (χ1) is 8.54. The summed E-state index contributed by atoms with van der Waals surface area (Å²) < 4.78 is 5.64. The third-order valence-corrected chi connectivity index (χ3v) is 4.04. The van der Waals surface area contributed by atoms with E-state index in [4.69, 9.17) is 4.74 Å². The number of ether oxygens (including phenoxy) is 1. The second-order valence-corrected chi connectivity index (χ2v) is 5.26. The number of carbonyl (C=O) groups excluding carboxylic acids is 2. The summed E-state index contributed by atoms with van der Waals surface area (Å²) in [5.74, 6) is 0.317. The fourth-order valence-corrected chi connectivity index (χ4v) is 2.83. The quantitative estimate of drug-likeness (QED) is 0.799. The smallest absolute Gasteiger partial charge is 0.245 e. The average Bonchev–Trinajstić information content (AvgIpc) is 2.79. The molecule has 2 fully saturated rings. The van der Waals surface area contributed by atoms with Gasteiger partial charge in [0.05, 0.1) is 6.10 Å². The van der Waals surface area contributed by atoms with E-state index in [9.17, 15) is 9.59 Å². The van der Waals surface area contributed by atoms with Crippen LogP contribution in [0.4, 0.5) is 0 Å². The molecule has 2 aliphatic rings. The van der Waals surface area contributed by atoms with Crippen LogP contribution in [0, 0.1) is 5.92 Å². The van der Waals surface area contributed by atoms with Gasteiger partial charge in [-0.25, -0.2) is 0 Å². The van der Waals surface area contributed by atoms with Crippen LogP contribution in [0.25, 0.3) is 0 Å². The van der Waals surface area contributed by atoms with Gasteiger partial charge in [0.15, 0.2) is 0 Å². The highest BCUT2D eigenvalue weighted by atomic mass is 16.5. The first kappa shape index (κ1) is 13.3. The Morgan fingerprint density at radius 2 is 2.11 bits per heavy atom.